The fourth-order valence-electron chi connectivity index (χ4n) is 4.00. The molecule has 2 unspecified atom stereocenters. The van der Waals surface area contributed by atoms with E-state index in [-0.39, 0.29) is 17.9 Å². The summed E-state index contributed by atoms with van der Waals surface area (Å²) in [4.78, 5) is 16.2. The van der Waals surface area contributed by atoms with Gasteiger partial charge in [-0.1, -0.05) is 44.9 Å². The van der Waals surface area contributed by atoms with Crippen molar-refractivity contribution in [1.82, 2.24) is 10.3 Å². The zero-order valence-electron chi connectivity index (χ0n) is 15.2. The third kappa shape index (κ3) is 3.35. The number of aromatic nitrogens is 1. The minimum absolute atomic E-state index is 0.177. The molecule has 1 aliphatic carbocycles. The topological polar surface area (TPSA) is 44.9 Å². The first kappa shape index (κ1) is 17.1. The lowest BCUT2D eigenvalue weighted by atomic mass is 9.90. The molecule has 1 aliphatic rings. The van der Waals surface area contributed by atoms with E-state index in [1.54, 1.807) is 0 Å². The molecule has 0 spiro atoms. The second kappa shape index (κ2) is 7.42. The lowest BCUT2D eigenvalue weighted by molar-refractivity contribution is -0.126. The summed E-state index contributed by atoms with van der Waals surface area (Å²) in [5, 5.41) is 4.67. The van der Waals surface area contributed by atoms with E-state index in [1.807, 2.05) is 0 Å². The van der Waals surface area contributed by atoms with Crippen LogP contribution in [0.25, 0.3) is 10.9 Å². The molecule has 24 heavy (non-hydrogen) atoms. The van der Waals surface area contributed by atoms with Crippen molar-refractivity contribution in [3.63, 3.8) is 0 Å². The fraction of sp³-hybridized carbons (Fsp3) is 0.571. The molecule has 1 heterocycles. The van der Waals surface area contributed by atoms with E-state index in [0.717, 1.165) is 44.9 Å². The highest BCUT2D eigenvalue weighted by molar-refractivity contribution is 5.87. The summed E-state index contributed by atoms with van der Waals surface area (Å²) < 4.78 is 0. The third-order valence-corrected chi connectivity index (χ3v) is 5.55. The first-order chi connectivity index (χ1) is 11.6. The van der Waals surface area contributed by atoms with Gasteiger partial charge in [0.05, 0.1) is 0 Å². The number of carbonyl (C=O) groups is 1. The highest BCUT2D eigenvalue weighted by Gasteiger charge is 2.26. The quantitative estimate of drug-likeness (QED) is 0.796. The molecule has 2 aromatic rings. The number of rotatable bonds is 6. The predicted molar refractivity (Wildman–Crippen MR) is 100 cm³/mol. The number of unbranched alkanes of at least 4 members (excludes halogenated alkanes) is 1. The summed E-state index contributed by atoms with van der Waals surface area (Å²) in [6.07, 6.45) is 7.27. The van der Waals surface area contributed by atoms with Crippen molar-refractivity contribution in [2.75, 3.05) is 0 Å². The molecule has 0 fully saturated rings. The molecular weight excluding hydrogens is 296 g/mol. The molecule has 0 saturated carbocycles. The van der Waals surface area contributed by atoms with Gasteiger partial charge in [0.2, 0.25) is 5.91 Å². The number of hydrogen-bond donors (Lipinski definition) is 2. The molecule has 3 rings (SSSR count). The Hall–Kier alpha value is -1.77. The van der Waals surface area contributed by atoms with Crippen LogP contribution in [-0.2, 0) is 17.6 Å². The van der Waals surface area contributed by atoms with Gasteiger partial charge >= 0.3 is 0 Å². The molecule has 2 N–H and O–H groups in total. The number of hydrogen-bond acceptors (Lipinski definition) is 1. The van der Waals surface area contributed by atoms with Crippen molar-refractivity contribution in [2.24, 2.45) is 5.92 Å². The number of aryl methyl sites for hydroxylation is 2. The summed E-state index contributed by atoms with van der Waals surface area (Å²) >= 11 is 0. The molecule has 0 saturated heterocycles. The maximum absolute atomic E-state index is 12.6. The van der Waals surface area contributed by atoms with Crippen molar-refractivity contribution in [1.29, 1.82) is 0 Å². The lowest BCUT2D eigenvalue weighted by Crippen LogP contribution is -2.41. The van der Waals surface area contributed by atoms with E-state index in [9.17, 15) is 4.79 Å². The number of para-hydroxylation sites is 1. The molecular formula is C21H30N2O. The Morgan fingerprint density at radius 3 is 2.96 bits per heavy atom. The summed E-state index contributed by atoms with van der Waals surface area (Å²) in [6.45, 7) is 6.47. The smallest absolute Gasteiger partial charge is 0.223 e. The molecule has 0 bridgehead atoms. The molecule has 1 amide bonds. The Morgan fingerprint density at radius 1 is 1.38 bits per heavy atom. The van der Waals surface area contributed by atoms with E-state index in [2.05, 4.69) is 49.3 Å². The molecule has 1 aromatic carbocycles. The average molecular weight is 326 g/mol. The van der Waals surface area contributed by atoms with Gasteiger partial charge in [-0.3, -0.25) is 4.79 Å². The van der Waals surface area contributed by atoms with E-state index in [0.29, 0.717) is 0 Å². The number of fused-ring (bicyclic) bond motifs is 3. The zero-order valence-corrected chi connectivity index (χ0v) is 15.2. The van der Waals surface area contributed by atoms with Crippen molar-refractivity contribution in [3.05, 3.63) is 35.0 Å². The van der Waals surface area contributed by atoms with Crippen molar-refractivity contribution >= 4 is 16.8 Å². The summed E-state index contributed by atoms with van der Waals surface area (Å²) in [5.74, 6) is 0.437. The second-order valence-corrected chi connectivity index (χ2v) is 7.28. The highest BCUT2D eigenvalue weighted by atomic mass is 16.1. The Morgan fingerprint density at radius 2 is 2.21 bits per heavy atom. The molecule has 3 nitrogen and oxygen atoms in total. The van der Waals surface area contributed by atoms with Crippen LogP contribution >= 0.6 is 0 Å². The zero-order chi connectivity index (χ0) is 17.1. The predicted octanol–water partition coefficient (Wildman–Crippen LogP) is 4.67. The van der Waals surface area contributed by atoms with Gasteiger partial charge in [-0.2, -0.15) is 0 Å². The van der Waals surface area contributed by atoms with Gasteiger partial charge in [-0.25, -0.2) is 0 Å². The van der Waals surface area contributed by atoms with Gasteiger partial charge in [0.15, 0.2) is 0 Å². The molecule has 1 aromatic heterocycles. The van der Waals surface area contributed by atoms with Crippen LogP contribution in [0.1, 0.15) is 62.8 Å². The van der Waals surface area contributed by atoms with Crippen LogP contribution in [0.5, 0.6) is 0 Å². The van der Waals surface area contributed by atoms with Gasteiger partial charge in [0.1, 0.15) is 0 Å². The lowest BCUT2D eigenvalue weighted by Gasteiger charge is -2.26. The van der Waals surface area contributed by atoms with Crippen LogP contribution in [0, 0.1) is 12.8 Å². The largest absolute Gasteiger partial charge is 0.358 e. The normalized spacial score (nSPS) is 18.4. The van der Waals surface area contributed by atoms with Gasteiger partial charge < -0.3 is 10.3 Å². The maximum atomic E-state index is 12.6. The van der Waals surface area contributed by atoms with E-state index >= 15 is 0 Å². The third-order valence-electron chi connectivity index (χ3n) is 5.55. The summed E-state index contributed by atoms with van der Waals surface area (Å²) in [7, 11) is 0. The number of benzene rings is 1. The van der Waals surface area contributed by atoms with Gasteiger partial charge in [0.25, 0.3) is 0 Å². The first-order valence-corrected chi connectivity index (χ1v) is 9.53. The monoisotopic (exact) mass is 326 g/mol. The van der Waals surface area contributed by atoms with Crippen molar-refractivity contribution in [3.8, 4) is 0 Å². The maximum Gasteiger partial charge on any atom is 0.223 e. The number of carbonyl (C=O) groups excluding carboxylic acids is 1. The number of H-pyrrole nitrogens is 1. The molecule has 130 valence electrons. The molecule has 0 radical (unpaired) electrons. The van der Waals surface area contributed by atoms with Crippen LogP contribution in [0.3, 0.4) is 0 Å². The number of aromatic amines is 1. The average Bonchev–Trinajstić information content (AvgIpc) is 2.95. The molecule has 3 heteroatoms. The number of nitrogens with one attached hydrogen (secondary N) is 2. The summed E-state index contributed by atoms with van der Waals surface area (Å²) in [5.41, 5.74) is 5.34. The Labute approximate surface area is 145 Å². The minimum atomic E-state index is 0.177. The van der Waals surface area contributed by atoms with Crippen LogP contribution < -0.4 is 5.32 Å². The second-order valence-electron chi connectivity index (χ2n) is 7.28. The highest BCUT2D eigenvalue weighted by Crippen LogP contribution is 2.31. The van der Waals surface area contributed by atoms with Crippen molar-refractivity contribution < 1.29 is 4.79 Å². The van der Waals surface area contributed by atoms with Crippen LogP contribution in [0.4, 0.5) is 0 Å². The Balaban J connectivity index is 1.72. The van der Waals surface area contributed by atoms with E-state index in [1.165, 1.54) is 27.7 Å². The standard InChI is InChI=1S/C21H30N2O/c1-4-6-9-15(5-2)21(24)22-16-11-12-19-18(13-16)17-10-7-8-14(3)20(17)23-19/h7-8,10,15-16,23H,4-6,9,11-13H2,1-3H3,(H,22,24). The van der Waals surface area contributed by atoms with Gasteiger partial charge in [-0.05, 0) is 50.2 Å². The minimum Gasteiger partial charge on any atom is -0.358 e. The molecule has 0 aliphatic heterocycles. The number of amides is 1. The van der Waals surface area contributed by atoms with E-state index in [4.69, 9.17) is 0 Å². The van der Waals surface area contributed by atoms with Crippen LogP contribution in [-0.4, -0.2) is 16.9 Å². The van der Waals surface area contributed by atoms with Gasteiger partial charge in [0, 0.05) is 28.6 Å². The van der Waals surface area contributed by atoms with Crippen molar-refractivity contribution in [2.45, 2.75) is 71.8 Å². The Kier molecular flexibility index (Phi) is 5.27. The van der Waals surface area contributed by atoms with E-state index < -0.39 is 0 Å². The fourth-order valence-corrected chi connectivity index (χ4v) is 4.00. The van der Waals surface area contributed by atoms with Crippen LogP contribution in [0.2, 0.25) is 0 Å². The first-order valence-electron chi connectivity index (χ1n) is 9.53. The molecule has 2 atom stereocenters. The Bertz CT molecular complexity index is 716. The van der Waals surface area contributed by atoms with Gasteiger partial charge in [-0.15, -0.1) is 0 Å². The van der Waals surface area contributed by atoms with Crippen LogP contribution in [0.15, 0.2) is 18.2 Å². The summed E-state index contributed by atoms with van der Waals surface area (Å²) in [6, 6.07) is 6.77. The SMILES string of the molecule is CCCCC(CC)C(=O)NC1CCc2[nH]c3c(C)cccc3c2C1.